The summed E-state index contributed by atoms with van der Waals surface area (Å²) in [6.45, 7) is 1.37. The Morgan fingerprint density at radius 2 is 2.05 bits per heavy atom. The summed E-state index contributed by atoms with van der Waals surface area (Å²) in [5.74, 6) is 5.47. The standard InChI is InChI=1S/C13H17F3N2O3S/c1-7(19)22-5-4-11(20)12(21)9-3-2-8(13(14,15)16)6-10(9)18-17/h2-3,6,11-12,18,20-21H,4-5,17H2,1H3. The fourth-order valence-corrected chi connectivity index (χ4v) is 2.45. The first kappa shape index (κ1) is 18.8. The molecule has 0 bridgehead atoms. The molecule has 2 atom stereocenters. The molecule has 0 aliphatic rings. The molecule has 0 heterocycles. The molecule has 0 saturated heterocycles. The van der Waals surface area contributed by atoms with Crippen LogP contribution in [0, 0.1) is 0 Å². The number of alkyl halides is 3. The van der Waals surface area contributed by atoms with E-state index in [2.05, 4.69) is 5.43 Å². The molecule has 0 aliphatic carbocycles. The van der Waals surface area contributed by atoms with E-state index < -0.39 is 23.9 Å². The van der Waals surface area contributed by atoms with Crippen LogP contribution in [0.2, 0.25) is 0 Å². The molecule has 0 fully saturated rings. The van der Waals surface area contributed by atoms with Crippen LogP contribution >= 0.6 is 11.8 Å². The van der Waals surface area contributed by atoms with Crippen LogP contribution in [-0.4, -0.2) is 27.2 Å². The molecule has 0 radical (unpaired) electrons. The topological polar surface area (TPSA) is 95.6 Å². The highest BCUT2D eigenvalue weighted by Gasteiger charge is 2.32. The molecule has 0 saturated carbocycles. The minimum Gasteiger partial charge on any atom is -0.390 e. The van der Waals surface area contributed by atoms with E-state index in [1.165, 1.54) is 6.92 Å². The second kappa shape index (κ2) is 7.82. The highest BCUT2D eigenvalue weighted by atomic mass is 32.2. The lowest BCUT2D eigenvalue weighted by Gasteiger charge is -2.21. The Hall–Kier alpha value is -1.29. The number of nitrogen functional groups attached to an aromatic ring is 1. The summed E-state index contributed by atoms with van der Waals surface area (Å²) < 4.78 is 37.9. The van der Waals surface area contributed by atoms with Crippen molar-refractivity contribution in [2.24, 2.45) is 5.84 Å². The maximum atomic E-state index is 12.6. The fourth-order valence-electron chi connectivity index (χ4n) is 1.80. The summed E-state index contributed by atoms with van der Waals surface area (Å²) in [6.07, 6.45) is -7.07. The number of thioether (sulfide) groups is 1. The Balaban J connectivity index is 2.88. The first-order valence-corrected chi connectivity index (χ1v) is 7.32. The number of anilines is 1. The van der Waals surface area contributed by atoms with Crippen molar-refractivity contribution in [1.29, 1.82) is 0 Å². The third-order valence-electron chi connectivity index (χ3n) is 2.94. The lowest BCUT2D eigenvalue weighted by molar-refractivity contribution is -0.137. The predicted octanol–water partition coefficient (Wildman–Crippen LogP) is 2.06. The molecule has 0 aromatic heterocycles. The van der Waals surface area contributed by atoms with Crippen molar-refractivity contribution < 1.29 is 28.2 Å². The Bertz CT molecular complexity index is 526. The van der Waals surface area contributed by atoms with Crippen molar-refractivity contribution in [3.8, 4) is 0 Å². The Labute approximate surface area is 129 Å². The second-order valence-electron chi connectivity index (χ2n) is 4.59. The number of hydrogen-bond donors (Lipinski definition) is 4. The molecule has 0 amide bonds. The number of nitrogens with one attached hydrogen (secondary N) is 1. The zero-order chi connectivity index (χ0) is 16.9. The van der Waals surface area contributed by atoms with E-state index in [1.54, 1.807) is 0 Å². The van der Waals surface area contributed by atoms with Crippen molar-refractivity contribution in [3.05, 3.63) is 29.3 Å². The van der Waals surface area contributed by atoms with Gasteiger partial charge in [0.05, 0.1) is 17.4 Å². The van der Waals surface area contributed by atoms with Gasteiger partial charge in [0, 0.05) is 18.2 Å². The van der Waals surface area contributed by atoms with Crippen molar-refractivity contribution in [1.82, 2.24) is 0 Å². The third kappa shape index (κ3) is 5.16. The Kier molecular flexibility index (Phi) is 6.66. The molecule has 1 aromatic rings. The van der Waals surface area contributed by atoms with Gasteiger partial charge in [0.2, 0.25) is 0 Å². The average Bonchev–Trinajstić information content (AvgIpc) is 2.44. The van der Waals surface area contributed by atoms with Crippen LogP contribution in [0.15, 0.2) is 18.2 Å². The highest BCUT2D eigenvalue weighted by molar-refractivity contribution is 8.13. The summed E-state index contributed by atoms with van der Waals surface area (Å²) in [4.78, 5) is 10.8. The number of benzene rings is 1. The van der Waals surface area contributed by atoms with Crippen molar-refractivity contribution >= 4 is 22.6 Å². The second-order valence-corrected chi connectivity index (χ2v) is 5.86. The quantitative estimate of drug-likeness (QED) is 0.468. The molecule has 9 heteroatoms. The first-order chi connectivity index (χ1) is 10.2. The molecule has 5 nitrogen and oxygen atoms in total. The number of carbonyl (C=O) groups excluding carboxylic acids is 1. The molecule has 2 unspecified atom stereocenters. The van der Waals surface area contributed by atoms with Crippen LogP contribution in [0.25, 0.3) is 0 Å². The smallest absolute Gasteiger partial charge is 0.390 e. The zero-order valence-corrected chi connectivity index (χ0v) is 12.5. The number of nitrogens with two attached hydrogens (primary N) is 1. The average molecular weight is 338 g/mol. The summed E-state index contributed by atoms with van der Waals surface area (Å²) in [5.41, 5.74) is 1.10. The fraction of sp³-hybridized carbons (Fsp3) is 0.462. The van der Waals surface area contributed by atoms with Gasteiger partial charge in [-0.15, -0.1) is 0 Å². The summed E-state index contributed by atoms with van der Waals surface area (Å²) in [6, 6.07) is 2.62. The third-order valence-corrected chi connectivity index (χ3v) is 3.78. The van der Waals surface area contributed by atoms with E-state index in [0.717, 1.165) is 30.0 Å². The van der Waals surface area contributed by atoms with Gasteiger partial charge in [-0.1, -0.05) is 17.8 Å². The number of hydrogen-bond acceptors (Lipinski definition) is 6. The van der Waals surface area contributed by atoms with Crippen LogP contribution in [0.4, 0.5) is 18.9 Å². The van der Waals surface area contributed by atoms with Gasteiger partial charge in [-0.2, -0.15) is 13.2 Å². The Morgan fingerprint density at radius 3 is 2.55 bits per heavy atom. The molecule has 1 aromatic carbocycles. The van der Waals surface area contributed by atoms with E-state index in [9.17, 15) is 28.2 Å². The maximum Gasteiger partial charge on any atom is 0.416 e. The number of rotatable bonds is 6. The van der Waals surface area contributed by atoms with Crippen molar-refractivity contribution in [2.75, 3.05) is 11.2 Å². The van der Waals surface area contributed by atoms with E-state index >= 15 is 0 Å². The molecule has 124 valence electrons. The molecule has 5 N–H and O–H groups in total. The number of hydrazine groups is 1. The normalized spacial score (nSPS) is 14.5. The van der Waals surface area contributed by atoms with Crippen LogP contribution in [0.3, 0.4) is 0 Å². The molecular weight excluding hydrogens is 321 g/mol. The van der Waals surface area contributed by atoms with Crippen molar-refractivity contribution in [2.45, 2.75) is 31.7 Å². The summed E-state index contributed by atoms with van der Waals surface area (Å²) in [7, 11) is 0. The van der Waals surface area contributed by atoms with Gasteiger partial charge in [0.25, 0.3) is 0 Å². The number of halogens is 3. The molecule has 0 aliphatic heterocycles. The minimum atomic E-state index is -4.54. The number of aliphatic hydroxyl groups excluding tert-OH is 2. The lowest BCUT2D eigenvalue weighted by atomic mass is 9.99. The molecular formula is C13H17F3N2O3S. The zero-order valence-electron chi connectivity index (χ0n) is 11.7. The van der Waals surface area contributed by atoms with Gasteiger partial charge in [-0.25, -0.2) is 0 Å². The van der Waals surface area contributed by atoms with E-state index in [0.29, 0.717) is 5.75 Å². The van der Waals surface area contributed by atoms with E-state index in [1.807, 2.05) is 0 Å². The van der Waals surface area contributed by atoms with E-state index in [-0.39, 0.29) is 22.8 Å². The van der Waals surface area contributed by atoms with Crippen molar-refractivity contribution in [3.63, 3.8) is 0 Å². The van der Waals surface area contributed by atoms with Gasteiger partial charge in [0.1, 0.15) is 6.10 Å². The lowest BCUT2D eigenvalue weighted by Crippen LogP contribution is -2.22. The van der Waals surface area contributed by atoms with Crippen LogP contribution in [0.1, 0.15) is 30.6 Å². The van der Waals surface area contributed by atoms with Crippen LogP contribution in [-0.2, 0) is 11.0 Å². The maximum absolute atomic E-state index is 12.6. The first-order valence-electron chi connectivity index (χ1n) is 6.34. The summed E-state index contributed by atoms with van der Waals surface area (Å²) >= 11 is 0.989. The minimum absolute atomic E-state index is 0.0517. The molecule has 22 heavy (non-hydrogen) atoms. The Morgan fingerprint density at radius 1 is 1.41 bits per heavy atom. The highest BCUT2D eigenvalue weighted by Crippen LogP contribution is 2.34. The van der Waals surface area contributed by atoms with Crippen LogP contribution in [0.5, 0.6) is 0 Å². The van der Waals surface area contributed by atoms with Gasteiger partial charge >= 0.3 is 6.18 Å². The monoisotopic (exact) mass is 338 g/mol. The SMILES string of the molecule is CC(=O)SCCC(O)C(O)c1ccc(C(F)(F)F)cc1NN. The molecule has 0 spiro atoms. The predicted molar refractivity (Wildman–Crippen MR) is 78.0 cm³/mol. The van der Waals surface area contributed by atoms with Gasteiger partial charge in [-0.05, 0) is 18.6 Å². The summed E-state index contributed by atoms with van der Waals surface area (Å²) in [5, 5.41) is 19.8. The molecule has 1 rings (SSSR count). The van der Waals surface area contributed by atoms with Gasteiger partial charge in [0.15, 0.2) is 5.12 Å². The van der Waals surface area contributed by atoms with E-state index in [4.69, 9.17) is 5.84 Å². The largest absolute Gasteiger partial charge is 0.416 e. The van der Waals surface area contributed by atoms with Gasteiger partial charge < -0.3 is 15.6 Å². The van der Waals surface area contributed by atoms with Crippen LogP contribution < -0.4 is 11.3 Å². The van der Waals surface area contributed by atoms with Gasteiger partial charge in [-0.3, -0.25) is 10.6 Å². The number of carbonyl (C=O) groups is 1. The number of aliphatic hydroxyl groups is 2.